The summed E-state index contributed by atoms with van der Waals surface area (Å²) in [4.78, 5) is 17.1. The molecule has 0 spiro atoms. The number of rotatable bonds is 5. The highest BCUT2D eigenvalue weighted by Crippen LogP contribution is 2.32. The number of hydrogen-bond acceptors (Lipinski definition) is 4. The number of amides is 1. The van der Waals surface area contributed by atoms with E-state index in [0.29, 0.717) is 18.1 Å². The van der Waals surface area contributed by atoms with Crippen LogP contribution in [0, 0.1) is 0 Å². The zero-order chi connectivity index (χ0) is 14.7. The molecule has 4 nitrogen and oxygen atoms in total. The average molecular weight is 299 g/mol. The lowest BCUT2D eigenvalue weighted by Crippen LogP contribution is -2.48. The van der Waals surface area contributed by atoms with Crippen molar-refractivity contribution in [2.75, 3.05) is 25.1 Å². The average Bonchev–Trinajstić information content (AvgIpc) is 2.70. The molecule has 0 aromatic heterocycles. The van der Waals surface area contributed by atoms with E-state index in [9.17, 15) is 4.79 Å². The van der Waals surface area contributed by atoms with E-state index in [-0.39, 0.29) is 11.9 Å². The van der Waals surface area contributed by atoms with Gasteiger partial charge in [0.15, 0.2) is 0 Å². The molecule has 2 fully saturated rings. The standard InChI is InChI=1S/C15H29N3OS/c1-11(2)18-12-4-5-13(18)10-17(8-6-12)15(19)14(16)7-9-20-3/h11-14H,4-10,16H2,1-3H3. The molecule has 1 amide bonds. The summed E-state index contributed by atoms with van der Waals surface area (Å²) < 4.78 is 0. The van der Waals surface area contributed by atoms with Gasteiger partial charge in [0.05, 0.1) is 6.04 Å². The molecule has 3 atom stereocenters. The van der Waals surface area contributed by atoms with Gasteiger partial charge in [0, 0.05) is 31.2 Å². The lowest BCUT2D eigenvalue weighted by molar-refractivity contribution is -0.133. The van der Waals surface area contributed by atoms with Gasteiger partial charge in [-0.1, -0.05) is 0 Å². The third-order valence-electron chi connectivity index (χ3n) is 4.70. The van der Waals surface area contributed by atoms with Crippen LogP contribution >= 0.6 is 11.8 Å². The number of fused-ring (bicyclic) bond motifs is 2. The first kappa shape index (κ1) is 16.1. The van der Waals surface area contributed by atoms with E-state index in [1.165, 1.54) is 12.8 Å². The van der Waals surface area contributed by atoms with Crippen molar-refractivity contribution >= 4 is 17.7 Å². The second-order valence-corrected chi connectivity index (χ2v) is 7.37. The lowest BCUT2D eigenvalue weighted by atomic mass is 10.1. The van der Waals surface area contributed by atoms with Gasteiger partial charge in [-0.25, -0.2) is 0 Å². The topological polar surface area (TPSA) is 49.6 Å². The number of nitrogens with two attached hydrogens (primary N) is 1. The van der Waals surface area contributed by atoms with Gasteiger partial charge in [-0.05, 0) is 51.5 Å². The number of carbonyl (C=O) groups is 1. The van der Waals surface area contributed by atoms with Crippen LogP contribution in [0.2, 0.25) is 0 Å². The summed E-state index contributed by atoms with van der Waals surface area (Å²) in [7, 11) is 0. The number of thioether (sulfide) groups is 1. The molecule has 2 heterocycles. The molecule has 0 aromatic rings. The molecule has 20 heavy (non-hydrogen) atoms. The largest absolute Gasteiger partial charge is 0.340 e. The van der Waals surface area contributed by atoms with Crippen LogP contribution in [-0.4, -0.2) is 65.0 Å². The highest BCUT2D eigenvalue weighted by molar-refractivity contribution is 7.98. The van der Waals surface area contributed by atoms with Crippen LogP contribution in [0.3, 0.4) is 0 Å². The first-order valence-corrected chi connectivity index (χ1v) is 9.24. The molecule has 0 radical (unpaired) electrons. The highest BCUT2D eigenvalue weighted by Gasteiger charge is 2.39. The predicted molar refractivity (Wildman–Crippen MR) is 86.0 cm³/mol. The van der Waals surface area contributed by atoms with E-state index in [1.54, 1.807) is 11.8 Å². The maximum atomic E-state index is 12.5. The molecule has 5 heteroatoms. The van der Waals surface area contributed by atoms with E-state index >= 15 is 0 Å². The van der Waals surface area contributed by atoms with E-state index in [0.717, 1.165) is 31.7 Å². The van der Waals surface area contributed by atoms with Crippen molar-refractivity contribution in [3.05, 3.63) is 0 Å². The van der Waals surface area contributed by atoms with Crippen LogP contribution in [0.15, 0.2) is 0 Å². The Balaban J connectivity index is 1.97. The summed E-state index contributed by atoms with van der Waals surface area (Å²) in [6.45, 7) is 6.30. The molecule has 2 N–H and O–H groups in total. The van der Waals surface area contributed by atoms with Crippen LogP contribution in [0.25, 0.3) is 0 Å². The third kappa shape index (κ3) is 3.49. The molecule has 116 valence electrons. The zero-order valence-electron chi connectivity index (χ0n) is 13.0. The number of likely N-dealkylation sites (tertiary alicyclic amines) is 1. The fraction of sp³-hybridized carbons (Fsp3) is 0.933. The summed E-state index contributed by atoms with van der Waals surface area (Å²) in [5.74, 6) is 1.13. The Morgan fingerprint density at radius 1 is 1.30 bits per heavy atom. The van der Waals surface area contributed by atoms with E-state index < -0.39 is 0 Å². The van der Waals surface area contributed by atoms with E-state index in [2.05, 4.69) is 25.0 Å². The Morgan fingerprint density at radius 2 is 2.00 bits per heavy atom. The zero-order valence-corrected chi connectivity index (χ0v) is 13.9. The molecule has 2 bridgehead atoms. The first-order chi connectivity index (χ1) is 9.54. The summed E-state index contributed by atoms with van der Waals surface area (Å²) in [5, 5.41) is 0. The van der Waals surface area contributed by atoms with Gasteiger partial charge in [0.2, 0.25) is 5.91 Å². The van der Waals surface area contributed by atoms with Gasteiger partial charge < -0.3 is 10.6 Å². The SMILES string of the molecule is CSCCC(N)C(=O)N1CCC2CCC(C1)N2C(C)C. The molecular weight excluding hydrogens is 270 g/mol. The molecule has 0 aromatic carbocycles. The Bertz CT molecular complexity index is 337. The highest BCUT2D eigenvalue weighted by atomic mass is 32.2. The summed E-state index contributed by atoms with van der Waals surface area (Å²) in [5.41, 5.74) is 6.06. The predicted octanol–water partition coefficient (Wildman–Crippen LogP) is 1.54. The molecule has 2 aliphatic heterocycles. The normalized spacial score (nSPS) is 28.8. The summed E-state index contributed by atoms with van der Waals surface area (Å²) in [6, 6.07) is 1.47. The van der Waals surface area contributed by atoms with Crippen LogP contribution in [0.1, 0.15) is 39.5 Å². The molecule has 0 saturated carbocycles. The van der Waals surface area contributed by atoms with Crippen molar-refractivity contribution in [3.8, 4) is 0 Å². The molecule has 2 aliphatic rings. The van der Waals surface area contributed by atoms with Gasteiger partial charge in [-0.3, -0.25) is 9.69 Å². The van der Waals surface area contributed by atoms with Gasteiger partial charge in [0.1, 0.15) is 0 Å². The monoisotopic (exact) mass is 299 g/mol. The van der Waals surface area contributed by atoms with Gasteiger partial charge >= 0.3 is 0 Å². The van der Waals surface area contributed by atoms with Crippen LogP contribution in [0.4, 0.5) is 0 Å². The van der Waals surface area contributed by atoms with Crippen LogP contribution in [0.5, 0.6) is 0 Å². The number of nitrogens with zero attached hydrogens (tertiary/aromatic N) is 2. The fourth-order valence-corrected chi connectivity index (χ4v) is 4.25. The second-order valence-electron chi connectivity index (χ2n) is 6.39. The Hall–Kier alpha value is -0.260. The Labute approximate surface area is 127 Å². The minimum atomic E-state index is -0.313. The van der Waals surface area contributed by atoms with Crippen LogP contribution < -0.4 is 5.73 Å². The summed E-state index contributed by atoms with van der Waals surface area (Å²) in [6.07, 6.45) is 6.48. The van der Waals surface area contributed by atoms with Crippen LogP contribution in [-0.2, 0) is 4.79 Å². The molecule has 0 aliphatic carbocycles. The number of carbonyl (C=O) groups excluding carboxylic acids is 1. The van der Waals surface area contributed by atoms with Gasteiger partial charge in [0.25, 0.3) is 0 Å². The van der Waals surface area contributed by atoms with Gasteiger partial charge in [-0.2, -0.15) is 11.8 Å². The third-order valence-corrected chi connectivity index (χ3v) is 5.34. The smallest absolute Gasteiger partial charge is 0.239 e. The van der Waals surface area contributed by atoms with Gasteiger partial charge in [-0.15, -0.1) is 0 Å². The maximum Gasteiger partial charge on any atom is 0.239 e. The minimum Gasteiger partial charge on any atom is -0.340 e. The fourth-order valence-electron chi connectivity index (χ4n) is 3.76. The molecular formula is C15H29N3OS. The maximum absolute atomic E-state index is 12.5. The van der Waals surface area contributed by atoms with Crippen molar-refractivity contribution in [3.63, 3.8) is 0 Å². The number of hydrogen-bond donors (Lipinski definition) is 1. The van der Waals surface area contributed by atoms with E-state index in [4.69, 9.17) is 5.73 Å². The minimum absolute atomic E-state index is 0.162. The van der Waals surface area contributed by atoms with Crippen molar-refractivity contribution in [1.82, 2.24) is 9.80 Å². The van der Waals surface area contributed by atoms with E-state index in [1.807, 2.05) is 4.90 Å². The Kier molecular flexibility index (Phi) is 5.75. The quantitative estimate of drug-likeness (QED) is 0.836. The summed E-state index contributed by atoms with van der Waals surface area (Å²) >= 11 is 1.76. The second kappa shape index (κ2) is 7.14. The van der Waals surface area contributed by atoms with Crippen molar-refractivity contribution in [2.24, 2.45) is 5.73 Å². The Morgan fingerprint density at radius 3 is 2.65 bits per heavy atom. The van der Waals surface area contributed by atoms with Crippen molar-refractivity contribution < 1.29 is 4.79 Å². The van der Waals surface area contributed by atoms with Crippen molar-refractivity contribution in [1.29, 1.82) is 0 Å². The molecule has 2 saturated heterocycles. The molecule has 3 unspecified atom stereocenters. The first-order valence-electron chi connectivity index (χ1n) is 7.85. The van der Waals surface area contributed by atoms with Crippen molar-refractivity contribution in [2.45, 2.75) is 63.7 Å². The molecule has 2 rings (SSSR count). The lowest BCUT2D eigenvalue weighted by Gasteiger charge is -2.32.